The maximum atomic E-state index is 4.23. The molecule has 0 amide bonds. The standard InChI is InChI=1S/C13H18N4/c1-17(8-11-5-14-6-11)7-10-2-3-12-13(4-10)16-9-15-12/h2-4,9,11,14H,5-8H2,1H3,(H,15,16). The first kappa shape index (κ1) is 10.7. The van der Waals surface area contributed by atoms with Gasteiger partial charge in [-0.25, -0.2) is 4.98 Å². The van der Waals surface area contributed by atoms with Gasteiger partial charge in [-0.15, -0.1) is 0 Å². The smallest absolute Gasteiger partial charge is 0.0931 e. The van der Waals surface area contributed by atoms with Gasteiger partial charge in [-0.3, -0.25) is 0 Å². The Hall–Kier alpha value is -1.39. The molecule has 17 heavy (non-hydrogen) atoms. The Morgan fingerprint density at radius 3 is 3.06 bits per heavy atom. The molecule has 3 rings (SSSR count). The minimum Gasteiger partial charge on any atom is -0.345 e. The van der Waals surface area contributed by atoms with Crippen LogP contribution in [0, 0.1) is 5.92 Å². The van der Waals surface area contributed by atoms with Gasteiger partial charge >= 0.3 is 0 Å². The van der Waals surface area contributed by atoms with Crippen molar-refractivity contribution in [2.24, 2.45) is 5.92 Å². The van der Waals surface area contributed by atoms with Gasteiger partial charge in [-0.2, -0.15) is 0 Å². The average molecular weight is 230 g/mol. The summed E-state index contributed by atoms with van der Waals surface area (Å²) >= 11 is 0. The lowest BCUT2D eigenvalue weighted by molar-refractivity contribution is 0.219. The van der Waals surface area contributed by atoms with E-state index in [0.717, 1.165) is 23.5 Å². The number of hydrogen-bond acceptors (Lipinski definition) is 3. The number of hydrogen-bond donors (Lipinski definition) is 2. The molecular weight excluding hydrogens is 212 g/mol. The summed E-state index contributed by atoms with van der Waals surface area (Å²) in [4.78, 5) is 9.78. The molecule has 0 unspecified atom stereocenters. The molecule has 1 saturated heterocycles. The van der Waals surface area contributed by atoms with E-state index in [1.807, 2.05) is 0 Å². The molecule has 0 saturated carbocycles. The van der Waals surface area contributed by atoms with E-state index in [4.69, 9.17) is 0 Å². The van der Waals surface area contributed by atoms with Crippen molar-refractivity contribution < 1.29 is 0 Å². The number of nitrogens with zero attached hydrogens (tertiary/aromatic N) is 2. The van der Waals surface area contributed by atoms with E-state index < -0.39 is 0 Å². The molecule has 1 aliphatic heterocycles. The monoisotopic (exact) mass is 230 g/mol. The summed E-state index contributed by atoms with van der Waals surface area (Å²) in [7, 11) is 2.19. The van der Waals surface area contributed by atoms with Crippen molar-refractivity contribution >= 4 is 11.0 Å². The maximum absolute atomic E-state index is 4.23. The van der Waals surface area contributed by atoms with Crippen molar-refractivity contribution in [3.63, 3.8) is 0 Å². The van der Waals surface area contributed by atoms with E-state index in [2.05, 4.69) is 45.4 Å². The van der Waals surface area contributed by atoms with Crippen LogP contribution in [0.15, 0.2) is 24.5 Å². The number of rotatable bonds is 4. The molecule has 1 aliphatic rings. The van der Waals surface area contributed by atoms with Gasteiger partial charge in [0.1, 0.15) is 0 Å². The number of imidazole rings is 1. The van der Waals surface area contributed by atoms with Crippen molar-refractivity contribution in [3.05, 3.63) is 30.1 Å². The summed E-state index contributed by atoms with van der Waals surface area (Å²) in [5.41, 5.74) is 3.51. The minimum atomic E-state index is 0.830. The van der Waals surface area contributed by atoms with Gasteiger partial charge in [0.25, 0.3) is 0 Å². The summed E-state index contributed by atoms with van der Waals surface area (Å²) in [6.07, 6.45) is 1.75. The van der Waals surface area contributed by atoms with E-state index in [1.54, 1.807) is 6.33 Å². The van der Waals surface area contributed by atoms with Crippen LogP contribution in [0.2, 0.25) is 0 Å². The molecule has 0 atom stereocenters. The molecular formula is C13H18N4. The number of benzene rings is 1. The van der Waals surface area contributed by atoms with Crippen molar-refractivity contribution in [2.75, 3.05) is 26.7 Å². The largest absolute Gasteiger partial charge is 0.345 e. The van der Waals surface area contributed by atoms with Crippen LogP contribution in [0.3, 0.4) is 0 Å². The van der Waals surface area contributed by atoms with Crippen molar-refractivity contribution in [1.82, 2.24) is 20.2 Å². The second-order valence-electron chi connectivity index (χ2n) is 4.98. The van der Waals surface area contributed by atoms with Gasteiger partial charge in [0.15, 0.2) is 0 Å². The molecule has 0 aliphatic carbocycles. The predicted octanol–water partition coefficient (Wildman–Crippen LogP) is 1.21. The first-order chi connectivity index (χ1) is 8.31. The summed E-state index contributed by atoms with van der Waals surface area (Å²) in [6, 6.07) is 6.44. The first-order valence-electron chi connectivity index (χ1n) is 6.12. The molecule has 1 aromatic heterocycles. The minimum absolute atomic E-state index is 0.830. The summed E-state index contributed by atoms with van der Waals surface area (Å²) < 4.78 is 0. The maximum Gasteiger partial charge on any atom is 0.0931 e. The third-order valence-corrected chi connectivity index (χ3v) is 3.37. The zero-order valence-electron chi connectivity index (χ0n) is 10.1. The molecule has 4 nitrogen and oxygen atoms in total. The third-order valence-electron chi connectivity index (χ3n) is 3.37. The van der Waals surface area contributed by atoms with E-state index >= 15 is 0 Å². The highest BCUT2D eigenvalue weighted by molar-refractivity contribution is 5.74. The molecule has 0 bridgehead atoms. The molecule has 2 N–H and O–H groups in total. The Bertz CT molecular complexity index is 501. The molecule has 90 valence electrons. The second-order valence-corrected chi connectivity index (χ2v) is 4.98. The van der Waals surface area contributed by atoms with Gasteiger partial charge in [-0.05, 0) is 30.7 Å². The van der Waals surface area contributed by atoms with Crippen LogP contribution in [0.25, 0.3) is 11.0 Å². The Labute approximate surface area is 101 Å². The van der Waals surface area contributed by atoms with Gasteiger partial charge in [0.05, 0.1) is 17.4 Å². The van der Waals surface area contributed by atoms with Crippen LogP contribution in [-0.4, -0.2) is 41.5 Å². The first-order valence-corrected chi connectivity index (χ1v) is 6.12. The topological polar surface area (TPSA) is 44.0 Å². The fourth-order valence-electron chi connectivity index (χ4n) is 2.38. The number of H-pyrrole nitrogens is 1. The van der Waals surface area contributed by atoms with Gasteiger partial charge < -0.3 is 15.2 Å². The Kier molecular flexibility index (Phi) is 2.82. The molecule has 1 aromatic carbocycles. The lowest BCUT2D eigenvalue weighted by Crippen LogP contribution is -2.47. The van der Waals surface area contributed by atoms with E-state index in [-0.39, 0.29) is 0 Å². The Morgan fingerprint density at radius 1 is 1.41 bits per heavy atom. The Balaban J connectivity index is 1.66. The summed E-state index contributed by atoms with van der Waals surface area (Å²) in [6.45, 7) is 4.52. The SMILES string of the molecule is CN(Cc1ccc2nc[nH]c2c1)CC1CNC1. The van der Waals surface area contributed by atoms with Gasteiger partial charge in [0.2, 0.25) is 0 Å². The van der Waals surface area contributed by atoms with Crippen LogP contribution >= 0.6 is 0 Å². The quantitative estimate of drug-likeness (QED) is 0.830. The van der Waals surface area contributed by atoms with E-state index in [9.17, 15) is 0 Å². The lowest BCUT2D eigenvalue weighted by Gasteiger charge is -2.31. The van der Waals surface area contributed by atoms with Crippen molar-refractivity contribution in [2.45, 2.75) is 6.54 Å². The number of aromatic nitrogens is 2. The van der Waals surface area contributed by atoms with Crippen LogP contribution in [0.4, 0.5) is 0 Å². The predicted molar refractivity (Wildman–Crippen MR) is 68.8 cm³/mol. The van der Waals surface area contributed by atoms with Gasteiger partial charge in [0, 0.05) is 26.2 Å². The fraction of sp³-hybridized carbons (Fsp3) is 0.462. The highest BCUT2D eigenvalue weighted by Crippen LogP contribution is 2.14. The lowest BCUT2D eigenvalue weighted by atomic mass is 10.0. The van der Waals surface area contributed by atoms with Crippen molar-refractivity contribution in [1.29, 1.82) is 0 Å². The average Bonchev–Trinajstić information content (AvgIpc) is 2.71. The normalized spacial score (nSPS) is 16.6. The number of aromatic amines is 1. The van der Waals surface area contributed by atoms with Crippen LogP contribution < -0.4 is 5.32 Å². The molecule has 4 heteroatoms. The van der Waals surface area contributed by atoms with Crippen LogP contribution in [-0.2, 0) is 6.54 Å². The molecule has 1 fully saturated rings. The molecule has 0 radical (unpaired) electrons. The number of fused-ring (bicyclic) bond motifs is 1. The zero-order chi connectivity index (χ0) is 11.7. The van der Waals surface area contributed by atoms with Gasteiger partial charge in [-0.1, -0.05) is 6.07 Å². The van der Waals surface area contributed by atoms with E-state index in [0.29, 0.717) is 0 Å². The fourth-order valence-corrected chi connectivity index (χ4v) is 2.38. The summed E-state index contributed by atoms with van der Waals surface area (Å²) in [5, 5.41) is 3.31. The van der Waals surface area contributed by atoms with Crippen molar-refractivity contribution in [3.8, 4) is 0 Å². The van der Waals surface area contributed by atoms with E-state index in [1.165, 1.54) is 25.2 Å². The second kappa shape index (κ2) is 4.47. The molecule has 2 aromatic rings. The number of nitrogens with one attached hydrogen (secondary N) is 2. The highest BCUT2D eigenvalue weighted by atomic mass is 15.1. The molecule has 0 spiro atoms. The molecule has 2 heterocycles. The Morgan fingerprint density at radius 2 is 2.29 bits per heavy atom. The van der Waals surface area contributed by atoms with Crippen LogP contribution in [0.5, 0.6) is 0 Å². The third kappa shape index (κ3) is 2.33. The summed E-state index contributed by atoms with van der Waals surface area (Å²) in [5.74, 6) is 0.830. The van der Waals surface area contributed by atoms with Crippen LogP contribution in [0.1, 0.15) is 5.56 Å². The zero-order valence-corrected chi connectivity index (χ0v) is 10.1. The highest BCUT2D eigenvalue weighted by Gasteiger charge is 2.18.